The molecule has 1 unspecified atom stereocenters. The van der Waals surface area contributed by atoms with Crippen molar-refractivity contribution in [2.45, 2.75) is 18.1 Å². The number of carbonyl (C=O) groups excluding carboxylic acids is 1. The lowest BCUT2D eigenvalue weighted by Gasteiger charge is -2.14. The van der Waals surface area contributed by atoms with Crippen LogP contribution in [0.2, 0.25) is 0 Å². The molecular formula is C25H23FN4O2S. The van der Waals surface area contributed by atoms with Gasteiger partial charge in [0.2, 0.25) is 5.91 Å². The summed E-state index contributed by atoms with van der Waals surface area (Å²) in [5, 5.41) is 12.3. The molecule has 0 bridgehead atoms. The van der Waals surface area contributed by atoms with E-state index in [1.807, 2.05) is 66.1 Å². The van der Waals surface area contributed by atoms with Crippen molar-refractivity contribution in [2.75, 3.05) is 12.9 Å². The summed E-state index contributed by atoms with van der Waals surface area (Å²) in [5.74, 6) is 1.14. The number of thioether (sulfide) groups is 1. The number of ether oxygens (including phenoxy) is 1. The Hall–Kier alpha value is -3.65. The Morgan fingerprint density at radius 1 is 1.03 bits per heavy atom. The molecule has 0 aliphatic heterocycles. The molecule has 0 radical (unpaired) electrons. The van der Waals surface area contributed by atoms with Crippen LogP contribution in [-0.4, -0.2) is 33.5 Å². The third kappa shape index (κ3) is 5.40. The van der Waals surface area contributed by atoms with Crippen LogP contribution >= 0.6 is 11.8 Å². The number of rotatable bonds is 8. The largest absolute Gasteiger partial charge is 0.497 e. The first kappa shape index (κ1) is 22.5. The van der Waals surface area contributed by atoms with Crippen molar-refractivity contribution in [1.29, 1.82) is 0 Å². The fourth-order valence-corrected chi connectivity index (χ4v) is 4.11. The van der Waals surface area contributed by atoms with Gasteiger partial charge in [-0.05, 0) is 61.0 Å². The van der Waals surface area contributed by atoms with Crippen molar-refractivity contribution in [3.05, 3.63) is 90.2 Å². The van der Waals surface area contributed by atoms with Gasteiger partial charge in [-0.25, -0.2) is 4.39 Å². The molecule has 8 heteroatoms. The van der Waals surface area contributed by atoms with Gasteiger partial charge in [0.25, 0.3) is 0 Å². The second-order valence-corrected chi connectivity index (χ2v) is 8.28. The van der Waals surface area contributed by atoms with Crippen molar-refractivity contribution in [3.63, 3.8) is 0 Å². The van der Waals surface area contributed by atoms with Gasteiger partial charge in [0.1, 0.15) is 11.6 Å². The monoisotopic (exact) mass is 462 g/mol. The SMILES string of the molecule is COc1ccc(-c2nnc(SCC(=O)NC(C)c3ccc(F)cc3)n2-c2ccccc2)cc1. The summed E-state index contributed by atoms with van der Waals surface area (Å²) in [6, 6.07) is 23.2. The second kappa shape index (κ2) is 10.3. The molecule has 1 atom stereocenters. The van der Waals surface area contributed by atoms with E-state index >= 15 is 0 Å². The Labute approximate surface area is 195 Å². The molecule has 0 saturated carbocycles. The summed E-state index contributed by atoms with van der Waals surface area (Å²) >= 11 is 1.31. The Kier molecular flexibility index (Phi) is 7.04. The summed E-state index contributed by atoms with van der Waals surface area (Å²) in [5.41, 5.74) is 2.62. The number of amides is 1. The summed E-state index contributed by atoms with van der Waals surface area (Å²) in [6.07, 6.45) is 0. The lowest BCUT2D eigenvalue weighted by molar-refractivity contribution is -0.119. The van der Waals surface area contributed by atoms with E-state index in [9.17, 15) is 9.18 Å². The van der Waals surface area contributed by atoms with Gasteiger partial charge in [-0.2, -0.15) is 0 Å². The Balaban J connectivity index is 1.53. The van der Waals surface area contributed by atoms with Crippen molar-refractivity contribution >= 4 is 17.7 Å². The number of aromatic nitrogens is 3. The molecule has 1 amide bonds. The summed E-state index contributed by atoms with van der Waals surface area (Å²) < 4.78 is 20.3. The predicted molar refractivity (Wildman–Crippen MR) is 127 cm³/mol. The van der Waals surface area contributed by atoms with Gasteiger partial charge in [0.05, 0.1) is 18.9 Å². The first-order chi connectivity index (χ1) is 16.0. The maximum absolute atomic E-state index is 13.1. The minimum Gasteiger partial charge on any atom is -0.497 e. The van der Waals surface area contributed by atoms with E-state index in [1.165, 1.54) is 23.9 Å². The summed E-state index contributed by atoms with van der Waals surface area (Å²) in [7, 11) is 1.62. The van der Waals surface area contributed by atoms with Crippen LogP contribution in [0.1, 0.15) is 18.5 Å². The fraction of sp³-hybridized carbons (Fsp3) is 0.160. The number of hydrogen-bond acceptors (Lipinski definition) is 5. The van der Waals surface area contributed by atoms with Crippen molar-refractivity contribution in [1.82, 2.24) is 20.1 Å². The molecule has 0 saturated heterocycles. The molecule has 3 aromatic carbocycles. The fourth-order valence-electron chi connectivity index (χ4n) is 3.35. The van der Waals surface area contributed by atoms with E-state index in [4.69, 9.17) is 4.74 Å². The van der Waals surface area contributed by atoms with Crippen molar-refractivity contribution in [3.8, 4) is 22.8 Å². The summed E-state index contributed by atoms with van der Waals surface area (Å²) in [4.78, 5) is 12.6. The highest BCUT2D eigenvalue weighted by Gasteiger charge is 2.18. The van der Waals surface area contributed by atoms with Crippen LogP contribution in [0.3, 0.4) is 0 Å². The van der Waals surface area contributed by atoms with Gasteiger partial charge in [0, 0.05) is 11.3 Å². The van der Waals surface area contributed by atoms with Gasteiger partial charge < -0.3 is 10.1 Å². The lowest BCUT2D eigenvalue weighted by Crippen LogP contribution is -2.28. The van der Waals surface area contributed by atoms with E-state index in [2.05, 4.69) is 15.5 Å². The zero-order valence-electron chi connectivity index (χ0n) is 18.2. The maximum atomic E-state index is 13.1. The van der Waals surface area contributed by atoms with E-state index in [0.29, 0.717) is 11.0 Å². The second-order valence-electron chi connectivity index (χ2n) is 7.34. The third-order valence-electron chi connectivity index (χ3n) is 5.08. The van der Waals surface area contributed by atoms with Crippen LogP contribution in [0.5, 0.6) is 5.75 Å². The molecule has 4 aromatic rings. The summed E-state index contributed by atoms with van der Waals surface area (Å²) in [6.45, 7) is 1.87. The number of nitrogens with zero attached hydrogens (tertiary/aromatic N) is 3. The maximum Gasteiger partial charge on any atom is 0.230 e. The van der Waals surface area contributed by atoms with Crippen molar-refractivity contribution < 1.29 is 13.9 Å². The Morgan fingerprint density at radius 3 is 2.39 bits per heavy atom. The van der Waals surface area contributed by atoms with Crippen LogP contribution < -0.4 is 10.1 Å². The standard InChI is InChI=1S/C25H23FN4O2S/c1-17(18-8-12-20(26)13-9-18)27-23(31)16-33-25-29-28-24(19-10-14-22(32-2)15-11-19)30(25)21-6-4-3-5-7-21/h3-15,17H,16H2,1-2H3,(H,27,31). The minimum atomic E-state index is -0.305. The van der Waals surface area contributed by atoms with Crippen LogP contribution in [0.25, 0.3) is 17.1 Å². The van der Waals surface area contributed by atoms with Gasteiger partial charge in [-0.15, -0.1) is 10.2 Å². The smallest absolute Gasteiger partial charge is 0.230 e. The number of carbonyl (C=O) groups is 1. The van der Waals surface area contributed by atoms with E-state index < -0.39 is 0 Å². The average Bonchev–Trinajstić information content (AvgIpc) is 3.27. The number of nitrogens with one attached hydrogen (secondary N) is 1. The molecular weight excluding hydrogens is 439 g/mol. The normalized spacial score (nSPS) is 11.7. The molecule has 1 N–H and O–H groups in total. The quantitative estimate of drug-likeness (QED) is 0.371. The molecule has 0 aliphatic carbocycles. The predicted octanol–water partition coefficient (Wildman–Crippen LogP) is 5.05. The number of hydrogen-bond donors (Lipinski definition) is 1. The van der Waals surface area contributed by atoms with Gasteiger partial charge >= 0.3 is 0 Å². The van der Waals surface area contributed by atoms with Gasteiger partial charge in [0.15, 0.2) is 11.0 Å². The van der Waals surface area contributed by atoms with Crippen molar-refractivity contribution in [2.24, 2.45) is 0 Å². The Bertz CT molecular complexity index is 1210. The third-order valence-corrected chi connectivity index (χ3v) is 6.00. The molecule has 168 valence electrons. The molecule has 33 heavy (non-hydrogen) atoms. The lowest BCUT2D eigenvalue weighted by atomic mass is 10.1. The first-order valence-electron chi connectivity index (χ1n) is 10.4. The molecule has 1 heterocycles. The van der Waals surface area contributed by atoms with Gasteiger partial charge in [-0.3, -0.25) is 9.36 Å². The van der Waals surface area contributed by atoms with Gasteiger partial charge in [-0.1, -0.05) is 42.1 Å². The number of para-hydroxylation sites is 1. The highest BCUT2D eigenvalue weighted by atomic mass is 32.2. The minimum absolute atomic E-state index is 0.148. The number of halogens is 1. The number of methoxy groups -OCH3 is 1. The topological polar surface area (TPSA) is 69.0 Å². The van der Waals surface area contributed by atoms with E-state index in [0.717, 1.165) is 22.6 Å². The average molecular weight is 463 g/mol. The van der Waals surface area contributed by atoms with Crippen LogP contribution in [0, 0.1) is 5.82 Å². The van der Waals surface area contributed by atoms with E-state index in [1.54, 1.807) is 19.2 Å². The first-order valence-corrected chi connectivity index (χ1v) is 11.4. The number of benzene rings is 3. The molecule has 4 rings (SSSR count). The molecule has 0 aliphatic rings. The highest BCUT2D eigenvalue weighted by Crippen LogP contribution is 2.29. The van der Waals surface area contributed by atoms with Crippen LogP contribution in [0.4, 0.5) is 4.39 Å². The molecule has 0 spiro atoms. The zero-order valence-corrected chi connectivity index (χ0v) is 19.1. The zero-order chi connectivity index (χ0) is 23.2. The molecule has 1 aromatic heterocycles. The Morgan fingerprint density at radius 2 is 1.73 bits per heavy atom. The highest BCUT2D eigenvalue weighted by molar-refractivity contribution is 7.99. The van der Waals surface area contributed by atoms with E-state index in [-0.39, 0.29) is 23.5 Å². The molecule has 0 fully saturated rings. The van der Waals surface area contributed by atoms with Crippen LogP contribution in [-0.2, 0) is 4.79 Å². The molecule has 6 nitrogen and oxygen atoms in total. The van der Waals surface area contributed by atoms with Crippen LogP contribution in [0.15, 0.2) is 84.0 Å².